The molecule has 0 radical (unpaired) electrons. The van der Waals surface area contributed by atoms with Crippen LogP contribution in [0.1, 0.15) is 18.1 Å². The summed E-state index contributed by atoms with van der Waals surface area (Å²) in [5.74, 6) is 0.192. The molecule has 4 aromatic carbocycles. The van der Waals surface area contributed by atoms with E-state index < -0.39 is 17.1 Å². The van der Waals surface area contributed by atoms with Gasteiger partial charge in [-0.25, -0.2) is 0 Å². The lowest BCUT2D eigenvalue weighted by Gasteiger charge is -2.16. The number of hydrogen-bond acceptors (Lipinski definition) is 6. The van der Waals surface area contributed by atoms with Crippen LogP contribution in [0, 0.1) is 7.14 Å². The van der Waals surface area contributed by atoms with Gasteiger partial charge >= 0.3 is 0 Å². The van der Waals surface area contributed by atoms with E-state index in [1.165, 1.54) is 0 Å². The van der Waals surface area contributed by atoms with Crippen LogP contribution in [-0.2, 0) is 16.2 Å². The highest BCUT2D eigenvalue weighted by Gasteiger charge is 2.36. The maximum absolute atomic E-state index is 13.1. The number of nitrogens with one attached hydrogen (secondary N) is 1. The van der Waals surface area contributed by atoms with Crippen molar-refractivity contribution >= 4 is 96.5 Å². The van der Waals surface area contributed by atoms with Crippen LogP contribution in [-0.4, -0.2) is 35.1 Å². The molecule has 7 nitrogen and oxygen atoms in total. The van der Waals surface area contributed by atoms with Gasteiger partial charge in [0.15, 0.2) is 11.5 Å². The van der Waals surface area contributed by atoms with Crippen LogP contribution in [0.2, 0.25) is 0 Å². The molecule has 0 bridgehead atoms. The first-order chi connectivity index (χ1) is 19.8. The highest BCUT2D eigenvalue weighted by Crippen LogP contribution is 2.38. The number of anilines is 1. The van der Waals surface area contributed by atoms with Gasteiger partial charge in [-0.1, -0.05) is 42.5 Å². The molecular formula is C31H24I2N2O5S. The Morgan fingerprint density at radius 2 is 1.73 bits per heavy atom. The second kappa shape index (κ2) is 13.3. The van der Waals surface area contributed by atoms with Crippen LogP contribution >= 0.6 is 56.9 Å². The summed E-state index contributed by atoms with van der Waals surface area (Å²) in [5, 5.41) is 4.50. The summed E-state index contributed by atoms with van der Waals surface area (Å²) in [6.07, 6.45) is 1.64. The summed E-state index contributed by atoms with van der Waals surface area (Å²) in [7, 11) is 0. The summed E-state index contributed by atoms with van der Waals surface area (Å²) < 4.78 is 14.0. The summed E-state index contributed by atoms with van der Waals surface area (Å²) in [6.45, 7) is 2.31. The predicted octanol–water partition coefficient (Wildman–Crippen LogP) is 7.70. The summed E-state index contributed by atoms with van der Waals surface area (Å²) in [5.41, 5.74) is 2.34. The van der Waals surface area contributed by atoms with Crippen LogP contribution < -0.4 is 14.8 Å². The van der Waals surface area contributed by atoms with Crippen molar-refractivity contribution in [1.82, 2.24) is 4.90 Å². The Morgan fingerprint density at radius 3 is 2.51 bits per heavy atom. The van der Waals surface area contributed by atoms with E-state index in [1.54, 1.807) is 24.3 Å². The quantitative estimate of drug-likeness (QED) is 0.138. The Balaban J connectivity index is 1.32. The van der Waals surface area contributed by atoms with Gasteiger partial charge in [-0.3, -0.25) is 19.3 Å². The normalized spacial score (nSPS) is 14.1. The molecule has 0 aromatic heterocycles. The van der Waals surface area contributed by atoms with Crippen LogP contribution in [0.15, 0.2) is 83.8 Å². The third-order valence-corrected chi connectivity index (χ3v) is 8.61. The van der Waals surface area contributed by atoms with Crippen LogP contribution in [0.3, 0.4) is 0 Å². The molecule has 0 saturated carbocycles. The monoisotopic (exact) mass is 790 g/mol. The standard InChI is InChI=1S/C31H24I2N2O5S/c1-2-39-26-15-19(14-25(33)29(26)40-18-21-8-5-7-20-6-3-4-9-24(20)21)16-27-30(37)35(31(38)41-27)17-28(36)34-23-12-10-22(32)11-13-23/h3-16H,2,17-18H2,1H3,(H,34,36)/b27-16+. The molecule has 1 fully saturated rings. The van der Waals surface area contributed by atoms with Crippen molar-refractivity contribution in [3.63, 3.8) is 0 Å². The Bertz CT molecular complexity index is 1670. The number of ether oxygens (including phenoxy) is 2. The Hall–Kier alpha value is -3.10. The van der Waals surface area contributed by atoms with Crippen molar-refractivity contribution in [2.45, 2.75) is 13.5 Å². The maximum Gasteiger partial charge on any atom is 0.294 e. The van der Waals surface area contributed by atoms with E-state index in [1.807, 2.05) is 49.4 Å². The molecule has 0 spiro atoms. The van der Waals surface area contributed by atoms with E-state index in [0.29, 0.717) is 36.0 Å². The van der Waals surface area contributed by atoms with Gasteiger partial charge in [-0.05, 0) is 128 Å². The number of carbonyl (C=O) groups is 3. The number of amides is 3. The van der Waals surface area contributed by atoms with E-state index in [9.17, 15) is 14.4 Å². The molecule has 0 aliphatic carbocycles. The molecule has 0 unspecified atom stereocenters. The Labute approximate surface area is 268 Å². The average molecular weight is 790 g/mol. The number of halogens is 2. The molecule has 3 amide bonds. The van der Waals surface area contributed by atoms with Crippen molar-refractivity contribution < 1.29 is 23.9 Å². The second-order valence-electron chi connectivity index (χ2n) is 9.01. The van der Waals surface area contributed by atoms with E-state index in [4.69, 9.17) is 9.47 Å². The maximum atomic E-state index is 13.1. The SMILES string of the molecule is CCOc1cc(/C=C2/SC(=O)N(CC(=O)Nc3ccc(I)cc3)C2=O)cc(I)c1OCc1cccc2ccccc12. The lowest BCUT2D eigenvalue weighted by molar-refractivity contribution is -0.127. The zero-order valence-electron chi connectivity index (χ0n) is 21.9. The third-order valence-electron chi connectivity index (χ3n) is 6.18. The molecule has 1 aliphatic rings. The summed E-state index contributed by atoms with van der Waals surface area (Å²) in [4.78, 5) is 39.4. The minimum atomic E-state index is -0.512. The molecule has 0 atom stereocenters. The number of thioether (sulfide) groups is 1. The fraction of sp³-hybridized carbons (Fsp3) is 0.129. The number of imide groups is 1. The van der Waals surface area contributed by atoms with Crippen molar-refractivity contribution in [3.8, 4) is 11.5 Å². The molecular weight excluding hydrogens is 766 g/mol. The zero-order chi connectivity index (χ0) is 28.9. The van der Waals surface area contributed by atoms with Gasteiger partial charge in [0.25, 0.3) is 11.1 Å². The lowest BCUT2D eigenvalue weighted by atomic mass is 10.1. The fourth-order valence-corrected chi connectivity index (χ4v) is 6.29. The molecule has 1 aliphatic heterocycles. The highest BCUT2D eigenvalue weighted by molar-refractivity contribution is 14.1. The van der Waals surface area contributed by atoms with Gasteiger partial charge < -0.3 is 14.8 Å². The first-order valence-electron chi connectivity index (χ1n) is 12.7. The largest absolute Gasteiger partial charge is 0.490 e. The van der Waals surface area contributed by atoms with Crippen LogP contribution in [0.5, 0.6) is 11.5 Å². The van der Waals surface area contributed by atoms with Gasteiger partial charge in [0, 0.05) is 9.26 Å². The molecule has 1 N–H and O–H groups in total. The molecule has 208 valence electrons. The zero-order valence-corrected chi connectivity index (χ0v) is 27.0. The van der Waals surface area contributed by atoms with Gasteiger partial charge in [-0.2, -0.15) is 0 Å². The van der Waals surface area contributed by atoms with Crippen LogP contribution in [0.4, 0.5) is 10.5 Å². The number of carbonyl (C=O) groups excluding carboxylic acids is 3. The molecule has 4 aromatic rings. The number of benzene rings is 4. The smallest absolute Gasteiger partial charge is 0.294 e. The summed E-state index contributed by atoms with van der Waals surface area (Å²) >= 11 is 5.16. The summed E-state index contributed by atoms with van der Waals surface area (Å²) in [6, 6.07) is 25.2. The molecule has 1 saturated heterocycles. The van der Waals surface area contributed by atoms with Gasteiger partial charge in [0.2, 0.25) is 5.91 Å². The minimum absolute atomic E-state index is 0.236. The van der Waals surface area contributed by atoms with E-state index in [-0.39, 0.29) is 11.4 Å². The molecule has 10 heteroatoms. The first kappa shape index (κ1) is 29.4. The Morgan fingerprint density at radius 1 is 0.976 bits per heavy atom. The molecule has 41 heavy (non-hydrogen) atoms. The van der Waals surface area contributed by atoms with Gasteiger partial charge in [0.05, 0.1) is 15.1 Å². The number of rotatable bonds is 9. The number of nitrogens with zero attached hydrogens (tertiary/aromatic N) is 1. The molecule has 5 rings (SSSR count). The lowest BCUT2D eigenvalue weighted by Crippen LogP contribution is -2.36. The fourth-order valence-electron chi connectivity index (χ4n) is 4.31. The van der Waals surface area contributed by atoms with Crippen molar-refractivity contribution in [1.29, 1.82) is 0 Å². The van der Waals surface area contributed by atoms with Crippen LogP contribution in [0.25, 0.3) is 16.8 Å². The molecule has 1 heterocycles. The van der Waals surface area contributed by atoms with Gasteiger partial charge in [0.1, 0.15) is 13.2 Å². The van der Waals surface area contributed by atoms with Crippen molar-refractivity contribution in [3.05, 3.63) is 102 Å². The van der Waals surface area contributed by atoms with Crippen molar-refractivity contribution in [2.24, 2.45) is 0 Å². The topological polar surface area (TPSA) is 84.9 Å². The van der Waals surface area contributed by atoms with E-state index in [0.717, 1.165) is 40.1 Å². The first-order valence-corrected chi connectivity index (χ1v) is 15.7. The minimum Gasteiger partial charge on any atom is -0.490 e. The Kier molecular flexibility index (Phi) is 9.50. The van der Waals surface area contributed by atoms with E-state index >= 15 is 0 Å². The van der Waals surface area contributed by atoms with E-state index in [2.05, 4.69) is 68.7 Å². The number of hydrogen-bond donors (Lipinski definition) is 1. The van der Waals surface area contributed by atoms with Crippen molar-refractivity contribution in [2.75, 3.05) is 18.5 Å². The second-order valence-corrected chi connectivity index (χ2v) is 12.4. The predicted molar refractivity (Wildman–Crippen MR) is 179 cm³/mol. The number of fused-ring (bicyclic) bond motifs is 1. The third kappa shape index (κ3) is 7.04. The van der Waals surface area contributed by atoms with Gasteiger partial charge in [-0.15, -0.1) is 0 Å². The average Bonchev–Trinajstić information content (AvgIpc) is 3.21. The highest BCUT2D eigenvalue weighted by atomic mass is 127.